The van der Waals surface area contributed by atoms with Gasteiger partial charge in [-0.25, -0.2) is 4.79 Å². The molecule has 1 aromatic rings. The molecule has 0 saturated carbocycles. The van der Waals surface area contributed by atoms with Gasteiger partial charge in [0.2, 0.25) is 7.37 Å². The van der Waals surface area contributed by atoms with E-state index in [0.29, 0.717) is 19.4 Å². The third-order valence-corrected chi connectivity index (χ3v) is 7.39. The zero-order valence-corrected chi connectivity index (χ0v) is 20.0. The Morgan fingerprint density at radius 1 is 1.12 bits per heavy atom. The number of rotatable bonds is 11. The molecule has 0 amide bonds. The maximum atomic E-state index is 13.3. The number of carbonyl (C=O) groups is 3. The van der Waals surface area contributed by atoms with Crippen LogP contribution in [0.2, 0.25) is 0 Å². The van der Waals surface area contributed by atoms with Crippen LogP contribution in [0.1, 0.15) is 52.0 Å². The molecule has 1 aliphatic heterocycles. The van der Waals surface area contributed by atoms with E-state index in [1.807, 2.05) is 30.3 Å². The van der Waals surface area contributed by atoms with Crippen molar-refractivity contribution in [1.29, 1.82) is 0 Å². The highest BCUT2D eigenvalue weighted by Crippen LogP contribution is 2.48. The Labute approximate surface area is 189 Å². The maximum Gasteiger partial charge on any atom is 0.330 e. The van der Waals surface area contributed by atoms with Gasteiger partial charge in [-0.3, -0.25) is 18.7 Å². The molecule has 1 unspecified atom stereocenters. The summed E-state index contributed by atoms with van der Waals surface area (Å²) in [5, 5.41) is 2.96. The topological polar surface area (TPSA) is 108 Å². The van der Waals surface area contributed by atoms with E-state index in [2.05, 4.69) is 5.32 Å². The van der Waals surface area contributed by atoms with Crippen LogP contribution in [-0.4, -0.2) is 49.6 Å². The van der Waals surface area contributed by atoms with Gasteiger partial charge in [0.05, 0.1) is 5.41 Å². The molecule has 0 aromatic heterocycles. The normalized spacial score (nSPS) is 18.0. The highest BCUT2D eigenvalue weighted by Gasteiger charge is 2.32. The average Bonchev–Trinajstić information content (AvgIpc) is 3.26. The lowest BCUT2D eigenvalue weighted by molar-refractivity contribution is -0.159. The van der Waals surface area contributed by atoms with Crippen molar-refractivity contribution >= 4 is 25.3 Å². The number of aryl methyl sites for hydroxylation is 1. The van der Waals surface area contributed by atoms with Gasteiger partial charge in [0, 0.05) is 6.16 Å². The summed E-state index contributed by atoms with van der Waals surface area (Å²) >= 11 is 0. The van der Waals surface area contributed by atoms with Crippen molar-refractivity contribution in [1.82, 2.24) is 5.32 Å². The van der Waals surface area contributed by atoms with Gasteiger partial charge < -0.3 is 14.8 Å². The molecule has 2 atom stereocenters. The molecule has 1 aliphatic rings. The molecule has 1 fully saturated rings. The largest absolute Gasteiger partial charge is 0.438 e. The van der Waals surface area contributed by atoms with Crippen LogP contribution in [-0.2, 0) is 39.4 Å². The molecular weight excluding hydrogens is 433 g/mol. The van der Waals surface area contributed by atoms with Crippen molar-refractivity contribution in [3.8, 4) is 0 Å². The number of hydrogen-bond acceptors (Lipinski definition) is 8. The number of benzene rings is 1. The maximum absolute atomic E-state index is 13.3. The van der Waals surface area contributed by atoms with Crippen LogP contribution in [0.25, 0.3) is 0 Å². The van der Waals surface area contributed by atoms with E-state index in [9.17, 15) is 18.9 Å². The van der Waals surface area contributed by atoms with Crippen LogP contribution in [0.3, 0.4) is 0 Å². The number of carbonyl (C=O) groups excluding carboxylic acids is 3. The van der Waals surface area contributed by atoms with Gasteiger partial charge in [0.15, 0.2) is 6.79 Å². The summed E-state index contributed by atoms with van der Waals surface area (Å²) < 4.78 is 28.7. The van der Waals surface area contributed by atoms with Gasteiger partial charge in [-0.05, 0) is 65.0 Å². The molecule has 1 saturated heterocycles. The van der Waals surface area contributed by atoms with Crippen molar-refractivity contribution in [2.45, 2.75) is 58.9 Å². The number of nitrogens with one attached hydrogen (secondary N) is 1. The van der Waals surface area contributed by atoms with E-state index in [-0.39, 0.29) is 6.16 Å². The monoisotopic (exact) mass is 467 g/mol. The standard InChI is InChI=1S/C23H34NO7P/c1-23(2,3)22(27)29-17-30-32(28,15-8-7-12-18-10-5-4-6-11-18)16-20(25)31-21(26)19-13-9-14-24-19/h4-6,10-11,19,24H,7-9,12-17H2,1-3H3/t19-,32?/m0/s1. The molecular formula is C23H34NO7P. The minimum Gasteiger partial charge on any atom is -0.438 e. The molecule has 32 heavy (non-hydrogen) atoms. The SMILES string of the molecule is CC(C)(C)C(=O)OCOP(=O)(CCCCc1ccccc1)CC(=O)OC(=O)[C@@H]1CCCN1. The molecule has 0 aliphatic carbocycles. The van der Waals surface area contributed by atoms with Crippen LogP contribution >= 0.6 is 7.37 Å². The summed E-state index contributed by atoms with van der Waals surface area (Å²) in [6.45, 7) is 5.25. The average molecular weight is 467 g/mol. The molecule has 0 spiro atoms. The fraction of sp³-hybridized carbons (Fsp3) is 0.609. The van der Waals surface area contributed by atoms with E-state index in [1.54, 1.807) is 20.8 Å². The zero-order valence-electron chi connectivity index (χ0n) is 19.1. The van der Waals surface area contributed by atoms with Gasteiger partial charge in [0.1, 0.15) is 12.2 Å². The second-order valence-electron chi connectivity index (χ2n) is 9.01. The second-order valence-corrected chi connectivity index (χ2v) is 11.7. The third-order valence-electron chi connectivity index (χ3n) is 5.08. The summed E-state index contributed by atoms with van der Waals surface area (Å²) in [5.41, 5.74) is 0.430. The van der Waals surface area contributed by atoms with Gasteiger partial charge in [-0.1, -0.05) is 30.3 Å². The van der Waals surface area contributed by atoms with E-state index in [0.717, 1.165) is 24.8 Å². The molecule has 9 heteroatoms. The summed E-state index contributed by atoms with van der Waals surface area (Å²) in [4.78, 5) is 36.3. The first-order valence-corrected chi connectivity index (χ1v) is 13.0. The second kappa shape index (κ2) is 12.3. The lowest BCUT2D eigenvalue weighted by Gasteiger charge is -2.20. The van der Waals surface area contributed by atoms with E-state index >= 15 is 0 Å². The molecule has 0 radical (unpaired) electrons. The van der Waals surface area contributed by atoms with Gasteiger partial charge in [-0.15, -0.1) is 0 Å². The van der Waals surface area contributed by atoms with Crippen LogP contribution in [0, 0.1) is 5.41 Å². The van der Waals surface area contributed by atoms with Gasteiger partial charge in [0.25, 0.3) is 0 Å². The van der Waals surface area contributed by atoms with Crippen LogP contribution < -0.4 is 5.32 Å². The molecule has 1 aromatic carbocycles. The number of hydrogen-bond donors (Lipinski definition) is 1. The predicted octanol–water partition coefficient (Wildman–Crippen LogP) is 3.67. The lowest BCUT2D eigenvalue weighted by Crippen LogP contribution is -2.34. The van der Waals surface area contributed by atoms with Crippen molar-refractivity contribution in [3.63, 3.8) is 0 Å². The molecule has 0 bridgehead atoms. The summed E-state index contributed by atoms with van der Waals surface area (Å²) in [7, 11) is -3.52. The third kappa shape index (κ3) is 9.23. The number of unbranched alkanes of at least 4 members (excludes halogenated alkanes) is 1. The highest BCUT2D eigenvalue weighted by molar-refractivity contribution is 7.59. The van der Waals surface area contributed by atoms with Crippen LogP contribution in [0.5, 0.6) is 0 Å². The van der Waals surface area contributed by atoms with Gasteiger partial charge in [-0.2, -0.15) is 0 Å². The van der Waals surface area contributed by atoms with E-state index < -0.39 is 49.7 Å². The first-order valence-electron chi connectivity index (χ1n) is 11.0. The summed E-state index contributed by atoms with van der Waals surface area (Å²) in [5.74, 6) is -2.06. The number of ether oxygens (including phenoxy) is 2. The zero-order chi connectivity index (χ0) is 23.6. The fourth-order valence-corrected chi connectivity index (χ4v) is 4.99. The first kappa shape index (κ1) is 26.2. The predicted molar refractivity (Wildman–Crippen MR) is 120 cm³/mol. The van der Waals surface area contributed by atoms with Crippen molar-refractivity contribution in [2.75, 3.05) is 25.7 Å². The van der Waals surface area contributed by atoms with Crippen LogP contribution in [0.15, 0.2) is 30.3 Å². The Hall–Kier alpha value is -2.02. The first-order chi connectivity index (χ1) is 15.1. The highest BCUT2D eigenvalue weighted by atomic mass is 31.2. The smallest absolute Gasteiger partial charge is 0.330 e. The Balaban J connectivity index is 1.90. The fourth-order valence-electron chi connectivity index (χ4n) is 3.21. The molecule has 178 valence electrons. The molecule has 1 heterocycles. The van der Waals surface area contributed by atoms with Crippen molar-refractivity contribution in [3.05, 3.63) is 35.9 Å². The number of esters is 3. The summed E-state index contributed by atoms with van der Waals surface area (Å²) in [6.07, 6.45) is 3.11. The van der Waals surface area contributed by atoms with E-state index in [1.165, 1.54) is 0 Å². The Bertz CT molecular complexity index is 813. The van der Waals surface area contributed by atoms with Gasteiger partial charge >= 0.3 is 17.9 Å². The van der Waals surface area contributed by atoms with Crippen molar-refractivity contribution < 1.29 is 32.9 Å². The van der Waals surface area contributed by atoms with Crippen LogP contribution in [0.4, 0.5) is 0 Å². The molecule has 2 rings (SSSR count). The quantitative estimate of drug-likeness (QED) is 0.173. The minimum atomic E-state index is -3.52. The van der Waals surface area contributed by atoms with Crippen molar-refractivity contribution in [2.24, 2.45) is 5.41 Å². The Morgan fingerprint density at radius 3 is 2.47 bits per heavy atom. The molecule has 8 nitrogen and oxygen atoms in total. The summed E-state index contributed by atoms with van der Waals surface area (Å²) in [6, 6.07) is 9.37. The minimum absolute atomic E-state index is 0.123. The van der Waals surface area contributed by atoms with E-state index in [4.69, 9.17) is 14.0 Å². The lowest BCUT2D eigenvalue weighted by atomic mass is 9.98. The Morgan fingerprint density at radius 2 is 1.84 bits per heavy atom. The molecule has 1 N–H and O–H groups in total. The Kier molecular flexibility index (Phi) is 10.1.